The molecule has 0 saturated carbocycles. The van der Waals surface area contributed by atoms with Gasteiger partial charge in [0.2, 0.25) is 11.8 Å². The number of carbonyl (C=O) groups excluding carboxylic acids is 2. The van der Waals surface area contributed by atoms with Crippen LogP contribution in [0.1, 0.15) is 28.2 Å². The van der Waals surface area contributed by atoms with Crippen molar-refractivity contribution in [2.24, 2.45) is 0 Å². The lowest BCUT2D eigenvalue weighted by molar-refractivity contribution is -0.121. The Morgan fingerprint density at radius 3 is 2.81 bits per heavy atom. The molecule has 0 fully saturated rings. The lowest BCUT2D eigenvalue weighted by Gasteiger charge is -2.07. The quantitative estimate of drug-likeness (QED) is 0.413. The number of benzene rings is 1. The summed E-state index contributed by atoms with van der Waals surface area (Å²) in [6.45, 7) is 0.592. The van der Waals surface area contributed by atoms with Crippen molar-refractivity contribution in [1.82, 2.24) is 20.6 Å². The number of fused-ring (bicyclic) bond motifs is 3. The number of hydrogen-bond acceptors (Lipinski definition) is 6. The average Bonchev–Trinajstić information content (AvgIpc) is 3.32. The Morgan fingerprint density at radius 1 is 1.19 bits per heavy atom. The van der Waals surface area contributed by atoms with Crippen LogP contribution in [-0.2, 0) is 34.6 Å². The predicted molar refractivity (Wildman–Crippen MR) is 125 cm³/mol. The highest BCUT2D eigenvalue weighted by Gasteiger charge is 2.21. The first-order valence-corrected chi connectivity index (χ1v) is 12.4. The second-order valence-electron chi connectivity index (χ2n) is 7.55. The average molecular weight is 475 g/mol. The third-order valence-electron chi connectivity index (χ3n) is 5.12. The van der Waals surface area contributed by atoms with E-state index in [2.05, 4.69) is 20.6 Å². The van der Waals surface area contributed by atoms with Crippen LogP contribution in [0.25, 0.3) is 10.2 Å². The Kier molecular flexibility index (Phi) is 7.21. The lowest BCUT2D eigenvalue weighted by Crippen LogP contribution is -2.36. The third kappa shape index (κ3) is 5.55. The van der Waals surface area contributed by atoms with Gasteiger partial charge in [-0.15, -0.1) is 23.1 Å². The second kappa shape index (κ2) is 10.3. The van der Waals surface area contributed by atoms with Gasteiger partial charge in [0.05, 0.1) is 23.3 Å². The van der Waals surface area contributed by atoms with Crippen LogP contribution in [0.4, 0.5) is 4.39 Å². The predicted octanol–water partition coefficient (Wildman–Crippen LogP) is 2.32. The Hall–Kier alpha value is -2.72. The lowest BCUT2D eigenvalue weighted by atomic mass is 10.1. The van der Waals surface area contributed by atoms with Crippen molar-refractivity contribution in [1.29, 1.82) is 0 Å². The molecule has 0 saturated heterocycles. The van der Waals surface area contributed by atoms with E-state index in [0.717, 1.165) is 35.0 Å². The molecule has 0 atom stereocenters. The van der Waals surface area contributed by atoms with Gasteiger partial charge in [-0.2, -0.15) is 0 Å². The fraction of sp³-hybridized carbons (Fsp3) is 0.364. The highest BCUT2D eigenvalue weighted by atomic mass is 32.2. The van der Waals surface area contributed by atoms with Crippen molar-refractivity contribution in [3.05, 3.63) is 62.3 Å². The molecule has 0 radical (unpaired) electrons. The summed E-state index contributed by atoms with van der Waals surface area (Å²) in [5, 5.41) is 6.17. The van der Waals surface area contributed by atoms with E-state index in [-0.39, 0.29) is 35.4 Å². The zero-order valence-corrected chi connectivity index (χ0v) is 19.0. The van der Waals surface area contributed by atoms with Crippen LogP contribution in [0.3, 0.4) is 0 Å². The topological polar surface area (TPSA) is 104 Å². The summed E-state index contributed by atoms with van der Waals surface area (Å²) in [4.78, 5) is 45.8. The fourth-order valence-corrected chi connectivity index (χ4v) is 5.71. The molecule has 1 aliphatic rings. The van der Waals surface area contributed by atoms with E-state index in [1.54, 1.807) is 23.5 Å². The Labute approximate surface area is 192 Å². The molecule has 2 aromatic heterocycles. The van der Waals surface area contributed by atoms with Crippen molar-refractivity contribution in [3.63, 3.8) is 0 Å². The summed E-state index contributed by atoms with van der Waals surface area (Å²) >= 11 is 2.97. The molecule has 1 aliphatic carbocycles. The molecule has 2 amide bonds. The number of aryl methyl sites for hydroxylation is 2. The van der Waals surface area contributed by atoms with E-state index in [4.69, 9.17) is 0 Å². The number of nitrogens with one attached hydrogen (secondary N) is 3. The van der Waals surface area contributed by atoms with Crippen LogP contribution < -0.4 is 16.2 Å². The minimum atomic E-state index is -0.377. The minimum absolute atomic E-state index is 0.0876. The zero-order chi connectivity index (χ0) is 22.5. The number of halogens is 1. The molecule has 3 N–H and O–H groups in total. The first-order valence-electron chi connectivity index (χ1n) is 10.4. The van der Waals surface area contributed by atoms with Crippen LogP contribution in [-0.4, -0.2) is 40.6 Å². The maximum absolute atomic E-state index is 13.1. The van der Waals surface area contributed by atoms with Gasteiger partial charge in [-0.05, 0) is 42.5 Å². The third-order valence-corrected chi connectivity index (χ3v) is 7.25. The van der Waals surface area contributed by atoms with Gasteiger partial charge in [0.15, 0.2) is 0 Å². The van der Waals surface area contributed by atoms with Crippen LogP contribution in [0.5, 0.6) is 0 Å². The number of carbonyl (C=O) groups is 2. The van der Waals surface area contributed by atoms with E-state index in [1.807, 2.05) is 0 Å². The molecule has 0 spiro atoms. The number of thiophene rings is 1. The number of hydrogen-bond donors (Lipinski definition) is 3. The van der Waals surface area contributed by atoms with Crippen LogP contribution in [0.2, 0.25) is 0 Å². The maximum atomic E-state index is 13.1. The highest BCUT2D eigenvalue weighted by Crippen LogP contribution is 2.34. The monoisotopic (exact) mass is 474 g/mol. The summed E-state index contributed by atoms with van der Waals surface area (Å²) in [6, 6.07) is 5.90. The summed E-state index contributed by atoms with van der Waals surface area (Å²) in [7, 11) is 0. The molecule has 0 aliphatic heterocycles. The second-order valence-corrected chi connectivity index (χ2v) is 9.62. The first kappa shape index (κ1) is 22.5. The largest absolute Gasteiger partial charge is 0.354 e. The molecule has 0 bridgehead atoms. The molecule has 3 aromatic rings. The number of H-pyrrole nitrogens is 1. The van der Waals surface area contributed by atoms with Crippen LogP contribution in [0, 0.1) is 5.82 Å². The fourth-order valence-electron chi connectivity index (χ4n) is 3.71. The smallest absolute Gasteiger partial charge is 0.259 e. The van der Waals surface area contributed by atoms with Crippen molar-refractivity contribution in [2.75, 3.05) is 18.8 Å². The van der Waals surface area contributed by atoms with Crippen molar-refractivity contribution >= 4 is 45.1 Å². The van der Waals surface area contributed by atoms with Crippen LogP contribution >= 0.6 is 23.1 Å². The number of amides is 2. The summed E-state index contributed by atoms with van der Waals surface area (Å²) in [5.74, 6) is 0.464. The van der Waals surface area contributed by atoms with Crippen LogP contribution in [0.15, 0.2) is 29.1 Å². The van der Waals surface area contributed by atoms with Gasteiger partial charge < -0.3 is 15.6 Å². The SMILES string of the molecule is O=C(CSCc1nc2sc3c(c2c(=O)[nH]1)CCC3)NCCNC(=O)Cc1cccc(F)c1. The Balaban J connectivity index is 1.16. The van der Waals surface area contributed by atoms with Gasteiger partial charge >= 0.3 is 0 Å². The van der Waals surface area contributed by atoms with Gasteiger partial charge in [0, 0.05) is 18.0 Å². The summed E-state index contributed by atoms with van der Waals surface area (Å²) in [6.07, 6.45) is 3.15. The van der Waals surface area contributed by atoms with E-state index >= 15 is 0 Å². The van der Waals surface area contributed by atoms with E-state index in [0.29, 0.717) is 30.2 Å². The molecule has 4 rings (SSSR count). The standard InChI is InChI=1S/C22H23FN4O3S2/c23-14-4-1-3-13(9-14)10-18(28)24-7-8-25-19(29)12-31-11-17-26-21(30)20-15-5-2-6-16(15)32-22(20)27-17/h1,3-4,9H,2,5-8,10-12H2,(H,24,28)(H,25,29)(H,26,27,30). The first-order chi connectivity index (χ1) is 15.5. The number of rotatable bonds is 9. The van der Waals surface area contributed by atoms with E-state index in [9.17, 15) is 18.8 Å². The number of aromatic nitrogens is 2. The molecule has 32 heavy (non-hydrogen) atoms. The minimum Gasteiger partial charge on any atom is -0.354 e. The highest BCUT2D eigenvalue weighted by molar-refractivity contribution is 7.99. The van der Waals surface area contributed by atoms with Crippen molar-refractivity contribution in [2.45, 2.75) is 31.4 Å². The van der Waals surface area contributed by atoms with Gasteiger partial charge in [-0.1, -0.05) is 12.1 Å². The summed E-state index contributed by atoms with van der Waals surface area (Å²) in [5.41, 5.74) is 1.66. The molecule has 10 heteroatoms. The molecule has 0 unspecified atom stereocenters. The maximum Gasteiger partial charge on any atom is 0.259 e. The molecule has 168 valence electrons. The van der Waals surface area contributed by atoms with E-state index in [1.165, 1.54) is 28.8 Å². The Morgan fingerprint density at radius 2 is 2.00 bits per heavy atom. The van der Waals surface area contributed by atoms with Gasteiger partial charge in [-0.3, -0.25) is 14.4 Å². The molecule has 2 heterocycles. The summed E-state index contributed by atoms with van der Waals surface area (Å²) < 4.78 is 13.1. The molecular weight excluding hydrogens is 451 g/mol. The molecule has 7 nitrogen and oxygen atoms in total. The molecule has 1 aromatic carbocycles. The van der Waals surface area contributed by atoms with Gasteiger partial charge in [0.25, 0.3) is 5.56 Å². The van der Waals surface area contributed by atoms with Crippen molar-refractivity contribution < 1.29 is 14.0 Å². The van der Waals surface area contributed by atoms with E-state index < -0.39 is 0 Å². The number of thioether (sulfide) groups is 1. The number of aromatic amines is 1. The Bertz CT molecular complexity index is 1210. The van der Waals surface area contributed by atoms with Gasteiger partial charge in [-0.25, -0.2) is 9.37 Å². The zero-order valence-electron chi connectivity index (χ0n) is 17.3. The molecular formula is C22H23FN4O3S2. The normalized spacial score (nSPS) is 12.7. The van der Waals surface area contributed by atoms with Crippen molar-refractivity contribution in [3.8, 4) is 0 Å². The number of nitrogens with zero attached hydrogens (tertiary/aromatic N) is 1. The van der Waals surface area contributed by atoms with Gasteiger partial charge in [0.1, 0.15) is 16.5 Å².